The molecule has 6 aromatic rings. The molecule has 0 radical (unpaired) electrons. The first-order valence-corrected chi connectivity index (χ1v) is 14.0. The van der Waals surface area contributed by atoms with E-state index in [9.17, 15) is 12.8 Å². The largest absolute Gasteiger partial charge is 0.336 e. The van der Waals surface area contributed by atoms with Crippen molar-refractivity contribution in [3.05, 3.63) is 77.9 Å². The van der Waals surface area contributed by atoms with Gasteiger partial charge in [0.15, 0.2) is 11.6 Å². The Labute approximate surface area is 221 Å². The van der Waals surface area contributed by atoms with Crippen molar-refractivity contribution < 1.29 is 17.2 Å². The molecule has 0 saturated heterocycles. The Balaban J connectivity index is 1.47. The molecular weight excluding hydrogens is 524 g/mol. The number of halogens is 2. The predicted molar refractivity (Wildman–Crippen MR) is 144 cm³/mol. The molecule has 9 nitrogen and oxygen atoms in total. The van der Waals surface area contributed by atoms with Gasteiger partial charge in [0.2, 0.25) is 0 Å². The zero-order valence-electron chi connectivity index (χ0n) is 20.8. The number of pyridine rings is 3. The second kappa shape index (κ2) is 9.31. The van der Waals surface area contributed by atoms with Gasteiger partial charge in [0.25, 0.3) is 0 Å². The van der Waals surface area contributed by atoms with Crippen LogP contribution in [0.15, 0.2) is 55.1 Å². The van der Waals surface area contributed by atoms with E-state index in [0.717, 1.165) is 11.8 Å². The van der Waals surface area contributed by atoms with Crippen molar-refractivity contribution in [3.63, 3.8) is 0 Å². The minimum Gasteiger partial charge on any atom is -0.336 e. The number of aromatic nitrogens is 7. The molecule has 5 heterocycles. The first-order chi connectivity index (χ1) is 18.7. The number of benzene rings is 1. The molecule has 0 amide bonds. The maximum Gasteiger partial charge on any atom is 0.161 e. The van der Waals surface area contributed by atoms with Crippen LogP contribution in [0, 0.1) is 18.6 Å². The van der Waals surface area contributed by atoms with Gasteiger partial charge < -0.3 is 4.98 Å². The summed E-state index contributed by atoms with van der Waals surface area (Å²) >= 11 is 0. The molecule has 39 heavy (non-hydrogen) atoms. The molecule has 196 valence electrons. The van der Waals surface area contributed by atoms with Gasteiger partial charge in [-0.25, -0.2) is 22.2 Å². The van der Waals surface area contributed by atoms with Crippen LogP contribution >= 0.6 is 0 Å². The summed E-state index contributed by atoms with van der Waals surface area (Å²) in [7, 11) is -3.22. The van der Waals surface area contributed by atoms with Gasteiger partial charge in [0.05, 0.1) is 34.1 Å². The topological polar surface area (TPSA) is 130 Å². The Morgan fingerprint density at radius 1 is 0.949 bits per heavy atom. The molecule has 0 aliphatic heterocycles. The summed E-state index contributed by atoms with van der Waals surface area (Å²) in [6, 6.07) is 7.80. The van der Waals surface area contributed by atoms with Crippen molar-refractivity contribution in [2.24, 2.45) is 0 Å². The van der Waals surface area contributed by atoms with Crippen molar-refractivity contribution in [2.45, 2.75) is 13.3 Å². The van der Waals surface area contributed by atoms with Crippen molar-refractivity contribution in [1.29, 1.82) is 0 Å². The zero-order chi connectivity index (χ0) is 27.3. The molecule has 0 fully saturated rings. The second-order valence-electron chi connectivity index (χ2n) is 9.34. The highest BCUT2D eigenvalue weighted by Crippen LogP contribution is 2.34. The van der Waals surface area contributed by atoms with E-state index in [0.29, 0.717) is 38.9 Å². The number of sulfone groups is 1. The Kier molecular flexibility index (Phi) is 5.91. The van der Waals surface area contributed by atoms with Gasteiger partial charge in [-0.15, -0.1) is 0 Å². The lowest BCUT2D eigenvalue weighted by molar-refractivity contribution is 0.600. The van der Waals surface area contributed by atoms with Crippen LogP contribution in [-0.4, -0.2) is 55.5 Å². The fraction of sp³-hybridized carbons (Fsp3) is 0.148. The van der Waals surface area contributed by atoms with Gasteiger partial charge in [-0.2, -0.15) is 5.10 Å². The number of fused-ring (bicyclic) bond motifs is 2. The first kappa shape index (κ1) is 24.7. The van der Waals surface area contributed by atoms with Crippen LogP contribution in [0.25, 0.3) is 56.0 Å². The molecule has 0 atom stereocenters. The minimum atomic E-state index is -3.22. The molecule has 6 rings (SSSR count). The van der Waals surface area contributed by atoms with Gasteiger partial charge in [-0.1, -0.05) is 0 Å². The lowest BCUT2D eigenvalue weighted by Gasteiger charge is -2.06. The molecular formula is C27H21F2N7O2S. The summed E-state index contributed by atoms with van der Waals surface area (Å²) in [6.45, 7) is 1.85. The highest BCUT2D eigenvalue weighted by Gasteiger charge is 2.22. The quantitative estimate of drug-likeness (QED) is 0.307. The Morgan fingerprint density at radius 3 is 2.59 bits per heavy atom. The monoisotopic (exact) mass is 545 g/mol. The summed E-state index contributed by atoms with van der Waals surface area (Å²) in [5.41, 5.74) is 4.57. The van der Waals surface area contributed by atoms with Crippen molar-refractivity contribution >= 4 is 31.8 Å². The fourth-order valence-corrected chi connectivity index (χ4v) is 5.15. The lowest BCUT2D eigenvalue weighted by atomic mass is 10.0. The lowest BCUT2D eigenvalue weighted by Crippen LogP contribution is -2.06. The number of hydrogen-bond acceptors (Lipinski definition) is 7. The summed E-state index contributed by atoms with van der Waals surface area (Å²) in [4.78, 5) is 20.6. The molecule has 5 aromatic heterocycles. The molecule has 12 heteroatoms. The van der Waals surface area contributed by atoms with Gasteiger partial charge in [0.1, 0.15) is 32.6 Å². The zero-order valence-corrected chi connectivity index (χ0v) is 21.6. The van der Waals surface area contributed by atoms with E-state index < -0.39 is 21.5 Å². The molecule has 0 aliphatic rings. The second-order valence-corrected chi connectivity index (χ2v) is 11.6. The average Bonchev–Trinajstić information content (AvgIpc) is 3.52. The van der Waals surface area contributed by atoms with Crippen LogP contribution in [0.3, 0.4) is 0 Å². The van der Waals surface area contributed by atoms with E-state index in [2.05, 4.69) is 35.1 Å². The van der Waals surface area contributed by atoms with E-state index >= 15 is 4.39 Å². The van der Waals surface area contributed by atoms with Crippen molar-refractivity contribution in [3.8, 4) is 34.0 Å². The smallest absolute Gasteiger partial charge is 0.161 e. The molecule has 0 unspecified atom stereocenters. The number of H-pyrrole nitrogens is 2. The van der Waals surface area contributed by atoms with Gasteiger partial charge >= 0.3 is 0 Å². The number of nitrogens with one attached hydrogen (secondary N) is 2. The Hall–Kier alpha value is -4.58. The standard InChI is InChI=1S/C27H21F2N7O2S/c1-14-3-6-30-12-18(14)24-22(29)21-20(13-32-24)35-36-26(21)27-33-19-4-7-31-23(25(19)34-27)16-9-15(10-17(28)11-16)5-8-39(2,37)38/h3-4,6-7,9-13H,5,8H2,1-2H3,(H,33,34)(H,35,36). The summed E-state index contributed by atoms with van der Waals surface area (Å²) in [5, 5.41) is 7.33. The van der Waals surface area contributed by atoms with Crippen LogP contribution in [0.1, 0.15) is 11.1 Å². The highest BCUT2D eigenvalue weighted by atomic mass is 32.2. The molecule has 0 spiro atoms. The van der Waals surface area contributed by atoms with E-state index in [-0.39, 0.29) is 34.8 Å². The predicted octanol–water partition coefficient (Wildman–Crippen LogP) is 4.80. The third kappa shape index (κ3) is 4.63. The van der Waals surface area contributed by atoms with Crippen LogP contribution in [0.2, 0.25) is 0 Å². The maximum absolute atomic E-state index is 15.9. The molecule has 0 aliphatic carbocycles. The van der Waals surface area contributed by atoms with Gasteiger partial charge in [0, 0.05) is 36.0 Å². The molecule has 0 saturated carbocycles. The summed E-state index contributed by atoms with van der Waals surface area (Å²) in [6.07, 6.45) is 7.56. The normalized spacial score (nSPS) is 12.0. The van der Waals surface area contributed by atoms with E-state index in [4.69, 9.17) is 0 Å². The van der Waals surface area contributed by atoms with Crippen molar-refractivity contribution in [2.75, 3.05) is 12.0 Å². The number of imidazole rings is 1. The fourth-order valence-electron chi connectivity index (χ4n) is 4.54. The van der Waals surface area contributed by atoms with E-state index in [1.165, 1.54) is 18.3 Å². The number of rotatable bonds is 6. The number of hydrogen-bond donors (Lipinski definition) is 2. The van der Waals surface area contributed by atoms with Crippen molar-refractivity contribution in [1.82, 2.24) is 35.1 Å². The summed E-state index contributed by atoms with van der Waals surface area (Å²) < 4.78 is 53.6. The Morgan fingerprint density at radius 2 is 1.79 bits per heavy atom. The molecule has 0 bridgehead atoms. The molecule has 1 aromatic carbocycles. The van der Waals surface area contributed by atoms with Crippen LogP contribution < -0.4 is 0 Å². The SMILES string of the molecule is Cc1ccncc1-c1ncc2[nH]nc(-c3nc4c(-c5cc(F)cc(CCS(C)(=O)=O)c5)nccc4[nH]3)c2c1F. The van der Waals surface area contributed by atoms with E-state index in [1.807, 2.05) is 6.92 Å². The first-order valence-electron chi connectivity index (χ1n) is 11.9. The van der Waals surface area contributed by atoms with Gasteiger partial charge in [-0.05, 0) is 54.8 Å². The average molecular weight is 546 g/mol. The number of nitrogens with zero attached hydrogens (tertiary/aromatic N) is 5. The van der Waals surface area contributed by atoms with Crippen LogP contribution in [0.4, 0.5) is 8.78 Å². The third-order valence-corrected chi connectivity index (χ3v) is 7.40. The Bertz CT molecular complexity index is 2000. The van der Waals surface area contributed by atoms with Gasteiger partial charge in [-0.3, -0.25) is 20.1 Å². The molecule has 2 N–H and O–H groups in total. The van der Waals surface area contributed by atoms with Crippen LogP contribution in [0.5, 0.6) is 0 Å². The highest BCUT2D eigenvalue weighted by molar-refractivity contribution is 7.90. The summed E-state index contributed by atoms with van der Waals surface area (Å²) in [5.74, 6) is -0.894. The number of aromatic amines is 2. The number of aryl methyl sites for hydroxylation is 2. The minimum absolute atomic E-state index is 0.104. The van der Waals surface area contributed by atoms with Crippen LogP contribution in [-0.2, 0) is 16.3 Å². The van der Waals surface area contributed by atoms with E-state index in [1.54, 1.807) is 36.8 Å². The third-order valence-electron chi connectivity index (χ3n) is 6.46. The maximum atomic E-state index is 15.9.